The Balaban J connectivity index is 1.89. The van der Waals surface area contributed by atoms with Gasteiger partial charge in [0.15, 0.2) is 0 Å². The van der Waals surface area contributed by atoms with Gasteiger partial charge in [0.05, 0.1) is 6.10 Å². The quantitative estimate of drug-likeness (QED) is 0.596. The van der Waals surface area contributed by atoms with Crippen LogP contribution in [0.1, 0.15) is 36.3 Å². The third kappa shape index (κ3) is 2.50. The van der Waals surface area contributed by atoms with Gasteiger partial charge in [-0.3, -0.25) is 4.79 Å². The van der Waals surface area contributed by atoms with Crippen LogP contribution in [0.5, 0.6) is 0 Å². The maximum atomic E-state index is 11.5. The first-order valence-electron chi connectivity index (χ1n) is 4.98. The van der Waals surface area contributed by atoms with Gasteiger partial charge >= 0.3 is 0 Å². The Labute approximate surface area is 86.3 Å². The molecule has 2 atom stereocenters. The van der Waals surface area contributed by atoms with Gasteiger partial charge in [-0.25, -0.2) is 0 Å². The molecule has 7 heteroatoms. The summed E-state index contributed by atoms with van der Waals surface area (Å²) in [5, 5.41) is 24.9. The third-order valence-corrected chi connectivity index (χ3v) is 2.53. The SMILES string of the molecule is O=C(NC1CCCC(O)C1)c1nn[nH]n1. The van der Waals surface area contributed by atoms with Crippen LogP contribution in [0.3, 0.4) is 0 Å². The maximum Gasteiger partial charge on any atom is 0.293 e. The molecule has 1 aliphatic carbocycles. The van der Waals surface area contributed by atoms with Crippen LogP contribution in [0.4, 0.5) is 0 Å². The van der Waals surface area contributed by atoms with Crippen molar-refractivity contribution in [1.29, 1.82) is 0 Å². The standard InChI is InChI=1S/C8H13N5O2/c14-6-3-1-2-5(4-6)9-8(15)7-10-12-13-11-7/h5-6,14H,1-4H2,(H,9,15)(H,10,11,12,13). The monoisotopic (exact) mass is 211 g/mol. The zero-order valence-corrected chi connectivity index (χ0v) is 8.18. The first-order valence-corrected chi connectivity index (χ1v) is 4.98. The number of aliphatic hydroxyl groups excluding tert-OH is 1. The van der Waals surface area contributed by atoms with E-state index >= 15 is 0 Å². The molecule has 15 heavy (non-hydrogen) atoms. The Bertz CT molecular complexity index is 326. The second-order valence-electron chi connectivity index (χ2n) is 3.73. The number of nitrogens with zero attached hydrogens (tertiary/aromatic N) is 3. The first-order chi connectivity index (χ1) is 7.25. The lowest BCUT2D eigenvalue weighted by atomic mass is 9.93. The van der Waals surface area contributed by atoms with Crippen LogP contribution < -0.4 is 5.32 Å². The molecule has 0 aromatic carbocycles. The average molecular weight is 211 g/mol. The molecule has 82 valence electrons. The fourth-order valence-corrected chi connectivity index (χ4v) is 1.80. The van der Waals surface area contributed by atoms with E-state index in [0.29, 0.717) is 6.42 Å². The van der Waals surface area contributed by atoms with Gasteiger partial charge in [-0.2, -0.15) is 5.21 Å². The number of aromatic amines is 1. The predicted molar refractivity (Wildman–Crippen MR) is 49.9 cm³/mol. The lowest BCUT2D eigenvalue weighted by Crippen LogP contribution is -2.40. The van der Waals surface area contributed by atoms with Crippen LogP contribution in [0.25, 0.3) is 0 Å². The summed E-state index contributed by atoms with van der Waals surface area (Å²) in [5.74, 6) is -0.307. The normalized spacial score (nSPS) is 26.2. The molecular formula is C8H13N5O2. The van der Waals surface area contributed by atoms with Crippen molar-refractivity contribution in [1.82, 2.24) is 25.9 Å². The van der Waals surface area contributed by atoms with Crippen LogP contribution in [0.15, 0.2) is 0 Å². The highest BCUT2D eigenvalue weighted by atomic mass is 16.3. The van der Waals surface area contributed by atoms with Gasteiger partial charge in [0.1, 0.15) is 0 Å². The van der Waals surface area contributed by atoms with Gasteiger partial charge in [-0.15, -0.1) is 10.2 Å². The van der Waals surface area contributed by atoms with Crippen LogP contribution in [-0.4, -0.2) is 43.8 Å². The van der Waals surface area contributed by atoms with E-state index in [9.17, 15) is 9.90 Å². The van der Waals surface area contributed by atoms with Crippen LogP contribution in [0.2, 0.25) is 0 Å². The Morgan fingerprint density at radius 3 is 3.07 bits per heavy atom. The van der Waals surface area contributed by atoms with Crippen molar-refractivity contribution in [3.8, 4) is 0 Å². The molecule has 1 amide bonds. The molecule has 0 radical (unpaired) electrons. The molecule has 2 rings (SSSR count). The number of hydrogen-bond donors (Lipinski definition) is 3. The molecule has 1 fully saturated rings. The van der Waals surface area contributed by atoms with Crippen molar-refractivity contribution < 1.29 is 9.90 Å². The fourth-order valence-electron chi connectivity index (χ4n) is 1.80. The number of hydrogen-bond acceptors (Lipinski definition) is 5. The van der Waals surface area contributed by atoms with Crippen molar-refractivity contribution in [2.45, 2.75) is 37.8 Å². The first kappa shape index (κ1) is 10.0. The predicted octanol–water partition coefficient (Wildman–Crippen LogP) is -0.767. The number of nitrogens with one attached hydrogen (secondary N) is 2. The number of aliphatic hydroxyl groups is 1. The van der Waals surface area contributed by atoms with E-state index in [-0.39, 0.29) is 23.9 Å². The summed E-state index contributed by atoms with van der Waals surface area (Å²) in [5.41, 5.74) is 0. The fraction of sp³-hybridized carbons (Fsp3) is 0.750. The van der Waals surface area contributed by atoms with E-state index in [1.54, 1.807) is 0 Å². The number of rotatable bonds is 2. The smallest absolute Gasteiger partial charge is 0.293 e. The van der Waals surface area contributed by atoms with E-state index in [2.05, 4.69) is 25.9 Å². The Kier molecular flexibility index (Phi) is 2.91. The van der Waals surface area contributed by atoms with Crippen molar-refractivity contribution in [3.05, 3.63) is 5.82 Å². The molecular weight excluding hydrogens is 198 g/mol. The minimum absolute atomic E-state index is 0.0137. The van der Waals surface area contributed by atoms with Crippen molar-refractivity contribution in [2.24, 2.45) is 0 Å². The van der Waals surface area contributed by atoms with Gasteiger partial charge in [-0.1, -0.05) is 0 Å². The molecule has 1 aromatic heterocycles. The summed E-state index contributed by atoms with van der Waals surface area (Å²) in [6.07, 6.45) is 2.92. The topological polar surface area (TPSA) is 104 Å². The molecule has 1 heterocycles. The Hall–Kier alpha value is -1.50. The lowest BCUT2D eigenvalue weighted by molar-refractivity contribution is 0.0841. The van der Waals surface area contributed by atoms with Gasteiger partial charge in [0.25, 0.3) is 11.7 Å². The molecule has 0 saturated heterocycles. The number of H-pyrrole nitrogens is 1. The van der Waals surface area contributed by atoms with E-state index in [1.807, 2.05) is 0 Å². The summed E-state index contributed by atoms with van der Waals surface area (Å²) in [6.45, 7) is 0. The van der Waals surface area contributed by atoms with Gasteiger partial charge in [0, 0.05) is 6.04 Å². The number of aromatic nitrogens is 4. The molecule has 0 spiro atoms. The summed E-state index contributed by atoms with van der Waals surface area (Å²) < 4.78 is 0. The maximum absolute atomic E-state index is 11.5. The van der Waals surface area contributed by atoms with E-state index < -0.39 is 0 Å². The second kappa shape index (κ2) is 4.35. The molecule has 7 nitrogen and oxygen atoms in total. The Morgan fingerprint density at radius 2 is 2.40 bits per heavy atom. The molecule has 0 bridgehead atoms. The molecule has 0 aliphatic heterocycles. The summed E-state index contributed by atoms with van der Waals surface area (Å²) >= 11 is 0. The molecule has 3 N–H and O–H groups in total. The van der Waals surface area contributed by atoms with E-state index in [0.717, 1.165) is 19.3 Å². The number of carbonyl (C=O) groups is 1. The highest BCUT2D eigenvalue weighted by Gasteiger charge is 2.23. The largest absolute Gasteiger partial charge is 0.393 e. The number of tetrazole rings is 1. The summed E-state index contributed by atoms with van der Waals surface area (Å²) in [7, 11) is 0. The van der Waals surface area contributed by atoms with Crippen LogP contribution in [-0.2, 0) is 0 Å². The van der Waals surface area contributed by atoms with E-state index in [4.69, 9.17) is 0 Å². The van der Waals surface area contributed by atoms with Crippen molar-refractivity contribution >= 4 is 5.91 Å². The summed E-state index contributed by atoms with van der Waals surface area (Å²) in [6, 6.07) is 0.0137. The molecule has 1 saturated carbocycles. The van der Waals surface area contributed by atoms with Crippen LogP contribution >= 0.6 is 0 Å². The minimum Gasteiger partial charge on any atom is -0.393 e. The van der Waals surface area contributed by atoms with Gasteiger partial charge in [0.2, 0.25) is 0 Å². The van der Waals surface area contributed by atoms with Gasteiger partial charge in [-0.05, 0) is 30.9 Å². The van der Waals surface area contributed by atoms with Crippen molar-refractivity contribution in [2.75, 3.05) is 0 Å². The van der Waals surface area contributed by atoms with Gasteiger partial charge < -0.3 is 10.4 Å². The lowest BCUT2D eigenvalue weighted by Gasteiger charge is -2.25. The number of carbonyl (C=O) groups excluding carboxylic acids is 1. The zero-order chi connectivity index (χ0) is 10.7. The average Bonchev–Trinajstić information content (AvgIpc) is 2.70. The molecule has 2 unspecified atom stereocenters. The van der Waals surface area contributed by atoms with Crippen LogP contribution in [0, 0.1) is 0 Å². The van der Waals surface area contributed by atoms with Crippen molar-refractivity contribution in [3.63, 3.8) is 0 Å². The van der Waals surface area contributed by atoms with E-state index in [1.165, 1.54) is 0 Å². The molecule has 1 aromatic rings. The minimum atomic E-state index is -0.345. The Morgan fingerprint density at radius 1 is 1.53 bits per heavy atom. The third-order valence-electron chi connectivity index (χ3n) is 2.53. The molecule has 1 aliphatic rings. The highest BCUT2D eigenvalue weighted by molar-refractivity contribution is 5.90. The summed E-state index contributed by atoms with van der Waals surface area (Å²) in [4.78, 5) is 11.5. The number of amides is 1. The second-order valence-corrected chi connectivity index (χ2v) is 3.73. The zero-order valence-electron chi connectivity index (χ0n) is 8.18. The highest BCUT2D eigenvalue weighted by Crippen LogP contribution is 2.18.